The second-order valence-corrected chi connectivity index (χ2v) is 6.91. The van der Waals surface area contributed by atoms with Crippen LogP contribution in [0.1, 0.15) is 56.5 Å². The van der Waals surface area contributed by atoms with Gasteiger partial charge in [0.05, 0.1) is 6.54 Å². The van der Waals surface area contributed by atoms with E-state index in [1.54, 1.807) is 0 Å². The lowest BCUT2D eigenvalue weighted by molar-refractivity contribution is 0.110. The molecule has 19 heavy (non-hydrogen) atoms. The largest absolute Gasteiger partial charge is 0.464 e. The Hall–Kier alpha value is -0.800. The molecule has 0 amide bonds. The number of piperidine rings is 1. The fourth-order valence-electron chi connectivity index (χ4n) is 4.15. The molecular weight excluding hydrogens is 236 g/mol. The third-order valence-corrected chi connectivity index (χ3v) is 5.42. The number of hydrogen-bond acceptors (Lipinski definition) is 3. The van der Waals surface area contributed by atoms with Crippen molar-refractivity contribution in [3.63, 3.8) is 0 Å². The number of furan rings is 1. The Morgan fingerprint density at radius 1 is 1.21 bits per heavy atom. The van der Waals surface area contributed by atoms with E-state index in [4.69, 9.17) is 10.2 Å². The lowest BCUT2D eigenvalue weighted by Crippen LogP contribution is -2.46. The molecule has 2 bridgehead atoms. The molecule has 3 fully saturated rings. The molecule has 4 rings (SSSR count). The predicted molar refractivity (Wildman–Crippen MR) is 74.8 cm³/mol. The highest BCUT2D eigenvalue weighted by molar-refractivity contribution is 5.18. The number of nitrogens with two attached hydrogens (primary N) is 1. The second kappa shape index (κ2) is 4.35. The molecule has 3 aliphatic rings. The smallest absolute Gasteiger partial charge is 0.118 e. The highest BCUT2D eigenvalue weighted by Crippen LogP contribution is 2.47. The fraction of sp³-hybridized carbons (Fsp3) is 0.750. The van der Waals surface area contributed by atoms with Crippen molar-refractivity contribution in [1.29, 1.82) is 0 Å². The van der Waals surface area contributed by atoms with Crippen molar-refractivity contribution in [2.75, 3.05) is 0 Å². The summed E-state index contributed by atoms with van der Waals surface area (Å²) >= 11 is 0. The zero-order valence-electron chi connectivity index (χ0n) is 11.7. The molecule has 1 aromatic rings. The van der Waals surface area contributed by atoms with Crippen LogP contribution in [-0.4, -0.2) is 23.0 Å². The first-order valence-corrected chi connectivity index (χ1v) is 7.80. The molecular formula is C16H24N2O. The molecule has 1 aromatic heterocycles. The average Bonchev–Trinajstić information content (AvgIpc) is 2.83. The molecule has 2 saturated heterocycles. The van der Waals surface area contributed by atoms with Gasteiger partial charge in [-0.1, -0.05) is 6.92 Å². The maximum atomic E-state index is 6.13. The molecule has 4 atom stereocenters. The van der Waals surface area contributed by atoms with Crippen molar-refractivity contribution in [1.82, 2.24) is 4.90 Å². The Bertz CT molecular complexity index is 455. The first-order valence-electron chi connectivity index (χ1n) is 7.80. The van der Waals surface area contributed by atoms with Crippen molar-refractivity contribution in [2.24, 2.45) is 11.7 Å². The van der Waals surface area contributed by atoms with Gasteiger partial charge < -0.3 is 10.2 Å². The standard InChI is InChI=1S/C16H24N2O/c1-10-6-15(10)16-5-4-14(19-16)9-18-12-2-3-13(18)8-11(17)7-12/h4-5,10-13,15H,2-3,6-9,17H2,1H3. The minimum Gasteiger partial charge on any atom is -0.464 e. The van der Waals surface area contributed by atoms with Crippen molar-refractivity contribution in [3.8, 4) is 0 Å². The molecule has 0 spiro atoms. The Labute approximate surface area is 115 Å². The summed E-state index contributed by atoms with van der Waals surface area (Å²) in [6, 6.07) is 6.20. The lowest BCUT2D eigenvalue weighted by Gasteiger charge is -2.37. The first kappa shape index (κ1) is 12.0. The summed E-state index contributed by atoms with van der Waals surface area (Å²) < 4.78 is 6.06. The average molecular weight is 260 g/mol. The van der Waals surface area contributed by atoms with Gasteiger partial charge in [0, 0.05) is 24.0 Å². The molecule has 2 aliphatic heterocycles. The Kier molecular flexibility index (Phi) is 2.75. The van der Waals surface area contributed by atoms with Crippen LogP contribution in [0.25, 0.3) is 0 Å². The number of hydrogen-bond donors (Lipinski definition) is 1. The highest BCUT2D eigenvalue weighted by atomic mass is 16.3. The molecule has 3 heteroatoms. The minimum absolute atomic E-state index is 0.424. The molecule has 0 radical (unpaired) electrons. The van der Waals surface area contributed by atoms with Crippen molar-refractivity contribution in [3.05, 3.63) is 23.7 Å². The molecule has 2 N–H and O–H groups in total. The molecule has 3 heterocycles. The van der Waals surface area contributed by atoms with Crippen molar-refractivity contribution < 1.29 is 4.42 Å². The zero-order chi connectivity index (χ0) is 13.0. The Balaban J connectivity index is 1.45. The van der Waals surface area contributed by atoms with E-state index in [-0.39, 0.29) is 0 Å². The van der Waals surface area contributed by atoms with E-state index in [0.717, 1.165) is 18.2 Å². The van der Waals surface area contributed by atoms with Crippen LogP contribution in [-0.2, 0) is 6.54 Å². The van der Waals surface area contributed by atoms with Crippen LogP contribution in [0.4, 0.5) is 0 Å². The second-order valence-electron chi connectivity index (χ2n) is 6.91. The van der Waals surface area contributed by atoms with E-state index >= 15 is 0 Å². The van der Waals surface area contributed by atoms with E-state index in [1.807, 2.05) is 0 Å². The van der Waals surface area contributed by atoms with Gasteiger partial charge in [-0.25, -0.2) is 0 Å². The summed E-state index contributed by atoms with van der Waals surface area (Å²) in [6.45, 7) is 3.29. The van der Waals surface area contributed by atoms with Gasteiger partial charge in [0.15, 0.2) is 0 Å². The molecule has 4 unspecified atom stereocenters. The Morgan fingerprint density at radius 2 is 1.89 bits per heavy atom. The van der Waals surface area contributed by atoms with Crippen LogP contribution < -0.4 is 5.73 Å². The third kappa shape index (κ3) is 2.13. The van der Waals surface area contributed by atoms with Crippen LogP contribution in [0.5, 0.6) is 0 Å². The SMILES string of the molecule is CC1CC1c1ccc(CN2C3CCC2CC(N)C3)o1. The predicted octanol–water partition coefficient (Wildman–Crippen LogP) is 2.86. The maximum Gasteiger partial charge on any atom is 0.118 e. The van der Waals surface area contributed by atoms with Gasteiger partial charge in [-0.2, -0.15) is 0 Å². The molecule has 3 nitrogen and oxygen atoms in total. The highest BCUT2D eigenvalue weighted by Gasteiger charge is 2.40. The lowest BCUT2D eigenvalue weighted by atomic mass is 9.98. The van der Waals surface area contributed by atoms with E-state index in [0.29, 0.717) is 24.0 Å². The van der Waals surface area contributed by atoms with E-state index in [9.17, 15) is 0 Å². The zero-order valence-corrected chi connectivity index (χ0v) is 11.7. The van der Waals surface area contributed by atoms with Crippen LogP contribution in [0.2, 0.25) is 0 Å². The van der Waals surface area contributed by atoms with E-state index in [1.165, 1.54) is 37.9 Å². The normalized spacial score (nSPS) is 41.7. The minimum atomic E-state index is 0.424. The fourth-order valence-corrected chi connectivity index (χ4v) is 4.15. The maximum absolute atomic E-state index is 6.13. The van der Waals surface area contributed by atoms with Gasteiger partial charge in [-0.3, -0.25) is 4.90 Å². The Morgan fingerprint density at radius 3 is 2.53 bits per heavy atom. The number of nitrogens with zero attached hydrogens (tertiary/aromatic N) is 1. The van der Waals surface area contributed by atoms with Crippen LogP contribution in [0.15, 0.2) is 16.5 Å². The van der Waals surface area contributed by atoms with Gasteiger partial charge in [-0.15, -0.1) is 0 Å². The van der Waals surface area contributed by atoms with Gasteiger partial charge in [-0.05, 0) is 50.2 Å². The van der Waals surface area contributed by atoms with Gasteiger partial charge in [0.1, 0.15) is 11.5 Å². The molecule has 0 aromatic carbocycles. The van der Waals surface area contributed by atoms with Gasteiger partial charge >= 0.3 is 0 Å². The molecule has 1 saturated carbocycles. The summed E-state index contributed by atoms with van der Waals surface area (Å²) in [7, 11) is 0. The van der Waals surface area contributed by atoms with Crippen LogP contribution >= 0.6 is 0 Å². The van der Waals surface area contributed by atoms with E-state index < -0.39 is 0 Å². The molecule has 104 valence electrons. The third-order valence-electron chi connectivity index (χ3n) is 5.42. The van der Waals surface area contributed by atoms with Crippen LogP contribution in [0.3, 0.4) is 0 Å². The van der Waals surface area contributed by atoms with Crippen molar-refractivity contribution >= 4 is 0 Å². The summed E-state index contributed by atoms with van der Waals surface area (Å²) in [5, 5.41) is 0. The summed E-state index contributed by atoms with van der Waals surface area (Å²) in [4.78, 5) is 2.64. The number of fused-ring (bicyclic) bond motifs is 2. The summed E-state index contributed by atoms with van der Waals surface area (Å²) in [5.41, 5.74) is 6.13. The van der Waals surface area contributed by atoms with Gasteiger partial charge in [0.25, 0.3) is 0 Å². The topological polar surface area (TPSA) is 42.4 Å². The van der Waals surface area contributed by atoms with Gasteiger partial charge in [0.2, 0.25) is 0 Å². The monoisotopic (exact) mass is 260 g/mol. The summed E-state index contributed by atoms with van der Waals surface area (Å²) in [5.74, 6) is 3.88. The molecule has 1 aliphatic carbocycles. The van der Waals surface area contributed by atoms with Crippen LogP contribution in [0, 0.1) is 5.92 Å². The quantitative estimate of drug-likeness (QED) is 0.908. The van der Waals surface area contributed by atoms with E-state index in [2.05, 4.69) is 24.0 Å². The van der Waals surface area contributed by atoms with Crippen molar-refractivity contribution in [2.45, 2.75) is 69.6 Å². The summed E-state index contributed by atoms with van der Waals surface area (Å²) in [6.07, 6.45) is 6.29. The first-order chi connectivity index (χ1) is 9.20. The number of rotatable bonds is 3.